The number of benzene rings is 1. The van der Waals surface area contributed by atoms with Crippen LogP contribution >= 0.6 is 0 Å². The second-order valence-electron chi connectivity index (χ2n) is 4.46. The molecule has 2 N–H and O–H groups in total. The molecule has 0 atom stereocenters. The monoisotopic (exact) mass is 278 g/mol. The lowest BCUT2D eigenvalue weighted by Crippen LogP contribution is -2.26. The standard InChI is InChI=1S/C15H22N2O3/c1-3-20-10-4-9-16-15(19)11-13-5-7-14(8-6-13)17-12(2)18/h5-8H,3-4,9-11H2,1-2H3,(H,16,19)(H,17,18). The van der Waals surface area contributed by atoms with Gasteiger partial charge in [0.25, 0.3) is 0 Å². The van der Waals surface area contributed by atoms with Gasteiger partial charge >= 0.3 is 0 Å². The van der Waals surface area contributed by atoms with Crippen LogP contribution in [0.15, 0.2) is 24.3 Å². The molecule has 0 aromatic heterocycles. The predicted octanol–water partition coefficient (Wildman–Crippen LogP) is 1.73. The van der Waals surface area contributed by atoms with Gasteiger partial charge in [0.15, 0.2) is 0 Å². The van der Waals surface area contributed by atoms with Crippen molar-refractivity contribution in [2.75, 3.05) is 25.1 Å². The van der Waals surface area contributed by atoms with Gasteiger partial charge in [-0.05, 0) is 31.0 Å². The highest BCUT2D eigenvalue weighted by atomic mass is 16.5. The van der Waals surface area contributed by atoms with Crippen LogP contribution in [0.2, 0.25) is 0 Å². The number of hydrogen-bond donors (Lipinski definition) is 2. The Hall–Kier alpha value is -1.88. The molecule has 1 aromatic rings. The fraction of sp³-hybridized carbons (Fsp3) is 0.467. The minimum atomic E-state index is -0.107. The maximum atomic E-state index is 11.7. The predicted molar refractivity (Wildman–Crippen MR) is 78.6 cm³/mol. The van der Waals surface area contributed by atoms with Crippen molar-refractivity contribution >= 4 is 17.5 Å². The molecule has 0 unspecified atom stereocenters. The lowest BCUT2D eigenvalue weighted by molar-refractivity contribution is -0.120. The van der Waals surface area contributed by atoms with Gasteiger partial charge in [-0.25, -0.2) is 0 Å². The first-order valence-corrected chi connectivity index (χ1v) is 6.82. The first-order valence-electron chi connectivity index (χ1n) is 6.82. The molecule has 1 rings (SSSR count). The number of ether oxygens (including phenoxy) is 1. The average Bonchev–Trinajstić information content (AvgIpc) is 2.40. The van der Waals surface area contributed by atoms with Crippen LogP contribution in [0.25, 0.3) is 0 Å². The Morgan fingerprint density at radius 3 is 2.50 bits per heavy atom. The van der Waals surface area contributed by atoms with E-state index in [9.17, 15) is 9.59 Å². The second-order valence-corrected chi connectivity index (χ2v) is 4.46. The van der Waals surface area contributed by atoms with Crippen LogP contribution in [0, 0.1) is 0 Å². The van der Waals surface area contributed by atoms with Crippen LogP contribution < -0.4 is 10.6 Å². The molecule has 1 aromatic carbocycles. The molecule has 0 aliphatic rings. The van der Waals surface area contributed by atoms with E-state index in [1.807, 2.05) is 19.1 Å². The molecule has 0 fully saturated rings. The number of amides is 2. The number of anilines is 1. The summed E-state index contributed by atoms with van der Waals surface area (Å²) in [6.45, 7) is 5.41. The summed E-state index contributed by atoms with van der Waals surface area (Å²) in [4.78, 5) is 22.6. The zero-order valence-electron chi connectivity index (χ0n) is 12.1. The highest BCUT2D eigenvalue weighted by molar-refractivity contribution is 5.88. The van der Waals surface area contributed by atoms with Gasteiger partial charge in [-0.15, -0.1) is 0 Å². The molecule has 5 nitrogen and oxygen atoms in total. The van der Waals surface area contributed by atoms with Crippen molar-refractivity contribution in [2.24, 2.45) is 0 Å². The Labute approximate surface area is 119 Å². The Morgan fingerprint density at radius 2 is 1.90 bits per heavy atom. The van der Waals surface area contributed by atoms with Gasteiger partial charge in [0.05, 0.1) is 6.42 Å². The fourth-order valence-corrected chi connectivity index (χ4v) is 1.70. The van der Waals surface area contributed by atoms with Crippen molar-refractivity contribution in [3.8, 4) is 0 Å². The lowest BCUT2D eigenvalue weighted by atomic mass is 10.1. The fourth-order valence-electron chi connectivity index (χ4n) is 1.70. The van der Waals surface area contributed by atoms with Crippen LogP contribution in [0.4, 0.5) is 5.69 Å². The number of carbonyl (C=O) groups is 2. The molecular weight excluding hydrogens is 256 g/mol. The van der Waals surface area contributed by atoms with E-state index in [2.05, 4.69) is 10.6 Å². The number of rotatable bonds is 8. The lowest BCUT2D eigenvalue weighted by Gasteiger charge is -2.06. The van der Waals surface area contributed by atoms with E-state index in [-0.39, 0.29) is 11.8 Å². The van der Waals surface area contributed by atoms with Gasteiger partial charge in [-0.3, -0.25) is 9.59 Å². The van der Waals surface area contributed by atoms with E-state index >= 15 is 0 Å². The van der Waals surface area contributed by atoms with Crippen LogP contribution in [0.5, 0.6) is 0 Å². The van der Waals surface area contributed by atoms with E-state index in [1.54, 1.807) is 12.1 Å². The average molecular weight is 278 g/mol. The maximum Gasteiger partial charge on any atom is 0.224 e. The SMILES string of the molecule is CCOCCCNC(=O)Cc1ccc(NC(C)=O)cc1. The molecule has 0 spiro atoms. The van der Waals surface area contributed by atoms with Gasteiger partial charge in [-0.1, -0.05) is 12.1 Å². The highest BCUT2D eigenvalue weighted by Gasteiger charge is 2.03. The summed E-state index contributed by atoms with van der Waals surface area (Å²) in [7, 11) is 0. The largest absolute Gasteiger partial charge is 0.382 e. The maximum absolute atomic E-state index is 11.7. The zero-order chi connectivity index (χ0) is 14.8. The molecule has 2 amide bonds. The first kappa shape index (κ1) is 16.2. The van der Waals surface area contributed by atoms with Crippen molar-refractivity contribution in [3.63, 3.8) is 0 Å². The third-order valence-electron chi connectivity index (χ3n) is 2.63. The summed E-state index contributed by atoms with van der Waals surface area (Å²) in [5.41, 5.74) is 1.65. The summed E-state index contributed by atoms with van der Waals surface area (Å²) >= 11 is 0. The van der Waals surface area contributed by atoms with Crippen LogP contribution in [-0.2, 0) is 20.7 Å². The van der Waals surface area contributed by atoms with Gasteiger partial charge in [0, 0.05) is 32.4 Å². The van der Waals surface area contributed by atoms with Crippen LogP contribution in [-0.4, -0.2) is 31.6 Å². The number of hydrogen-bond acceptors (Lipinski definition) is 3. The summed E-state index contributed by atoms with van der Waals surface area (Å²) in [6, 6.07) is 7.26. The van der Waals surface area contributed by atoms with E-state index < -0.39 is 0 Å². The highest BCUT2D eigenvalue weighted by Crippen LogP contribution is 2.09. The number of carbonyl (C=O) groups excluding carboxylic acids is 2. The Kier molecular flexibility index (Phi) is 7.35. The van der Waals surface area contributed by atoms with E-state index in [0.29, 0.717) is 26.2 Å². The van der Waals surface area contributed by atoms with Crippen molar-refractivity contribution in [3.05, 3.63) is 29.8 Å². The van der Waals surface area contributed by atoms with Crippen LogP contribution in [0.1, 0.15) is 25.8 Å². The Morgan fingerprint density at radius 1 is 1.20 bits per heavy atom. The molecule has 0 heterocycles. The summed E-state index contributed by atoms with van der Waals surface area (Å²) in [5, 5.41) is 5.53. The third kappa shape index (κ3) is 6.89. The minimum Gasteiger partial charge on any atom is -0.382 e. The van der Waals surface area contributed by atoms with E-state index in [1.165, 1.54) is 6.92 Å². The van der Waals surface area contributed by atoms with Gasteiger partial charge in [0.1, 0.15) is 0 Å². The summed E-state index contributed by atoms with van der Waals surface area (Å²) < 4.78 is 5.19. The molecule has 0 radical (unpaired) electrons. The van der Waals surface area contributed by atoms with Crippen molar-refractivity contribution in [1.82, 2.24) is 5.32 Å². The van der Waals surface area contributed by atoms with Crippen molar-refractivity contribution in [2.45, 2.75) is 26.7 Å². The summed E-state index contributed by atoms with van der Waals surface area (Å²) in [6.07, 6.45) is 1.16. The van der Waals surface area contributed by atoms with Crippen molar-refractivity contribution < 1.29 is 14.3 Å². The molecule has 0 bridgehead atoms. The van der Waals surface area contributed by atoms with Gasteiger partial charge in [-0.2, -0.15) is 0 Å². The molecule has 0 aliphatic carbocycles. The third-order valence-corrected chi connectivity index (χ3v) is 2.63. The van der Waals surface area contributed by atoms with E-state index in [4.69, 9.17) is 4.74 Å². The Bertz CT molecular complexity index is 429. The Balaban J connectivity index is 2.29. The van der Waals surface area contributed by atoms with Gasteiger partial charge < -0.3 is 15.4 Å². The molecular formula is C15H22N2O3. The van der Waals surface area contributed by atoms with Crippen molar-refractivity contribution in [1.29, 1.82) is 0 Å². The molecule has 0 saturated carbocycles. The second kappa shape index (κ2) is 9.09. The molecule has 110 valence electrons. The molecule has 0 saturated heterocycles. The molecule has 5 heteroatoms. The smallest absolute Gasteiger partial charge is 0.224 e. The first-order chi connectivity index (χ1) is 9.61. The van der Waals surface area contributed by atoms with Crippen LogP contribution in [0.3, 0.4) is 0 Å². The summed E-state index contributed by atoms with van der Waals surface area (Å²) in [5.74, 6) is -0.112. The number of nitrogens with one attached hydrogen (secondary N) is 2. The topological polar surface area (TPSA) is 67.4 Å². The molecule has 20 heavy (non-hydrogen) atoms. The minimum absolute atomic E-state index is 0.00576. The zero-order valence-corrected chi connectivity index (χ0v) is 12.1. The molecule has 0 aliphatic heterocycles. The van der Waals surface area contributed by atoms with Gasteiger partial charge in [0.2, 0.25) is 11.8 Å². The quantitative estimate of drug-likeness (QED) is 0.712. The normalized spacial score (nSPS) is 10.1. The van der Waals surface area contributed by atoms with E-state index in [0.717, 1.165) is 17.7 Å².